The Hall–Kier alpha value is -2.77. The van der Waals surface area contributed by atoms with Crippen LogP contribution in [0.25, 0.3) is 0 Å². The van der Waals surface area contributed by atoms with Gasteiger partial charge in [0.25, 0.3) is 0 Å². The van der Waals surface area contributed by atoms with Gasteiger partial charge in [-0.2, -0.15) is 5.10 Å². The van der Waals surface area contributed by atoms with Crippen LogP contribution in [0.3, 0.4) is 0 Å². The predicted molar refractivity (Wildman–Crippen MR) is 88.4 cm³/mol. The molecular weight excluding hydrogens is 308 g/mol. The standard InChI is InChI=1S/C16H20N6O2/c1-10(2)14-15(18-5-4-17-14)20-16(24)11-6-13(23)22(8-11)12-7-19-21(3)9-12/h4-5,7,9-11H,6,8H2,1-3H3,(H,18,20,24). The summed E-state index contributed by atoms with van der Waals surface area (Å²) in [6, 6.07) is 0. The fraction of sp³-hybridized carbons (Fsp3) is 0.438. The maximum Gasteiger partial charge on any atom is 0.231 e. The van der Waals surface area contributed by atoms with Crippen molar-refractivity contribution in [3.8, 4) is 0 Å². The van der Waals surface area contributed by atoms with E-state index in [2.05, 4.69) is 20.4 Å². The molecular formula is C16H20N6O2. The van der Waals surface area contributed by atoms with Crippen molar-refractivity contribution in [2.75, 3.05) is 16.8 Å². The highest BCUT2D eigenvalue weighted by Crippen LogP contribution is 2.26. The average molecular weight is 328 g/mol. The minimum atomic E-state index is -0.417. The highest BCUT2D eigenvalue weighted by molar-refractivity contribution is 6.03. The number of carbonyl (C=O) groups excluding carboxylic acids is 2. The summed E-state index contributed by atoms with van der Waals surface area (Å²) >= 11 is 0. The maximum absolute atomic E-state index is 12.5. The Labute approximate surface area is 139 Å². The van der Waals surface area contributed by atoms with Gasteiger partial charge < -0.3 is 10.2 Å². The van der Waals surface area contributed by atoms with Crippen molar-refractivity contribution in [3.63, 3.8) is 0 Å². The van der Waals surface area contributed by atoms with E-state index in [0.29, 0.717) is 18.1 Å². The van der Waals surface area contributed by atoms with Gasteiger partial charge in [0.05, 0.1) is 23.5 Å². The number of amides is 2. The van der Waals surface area contributed by atoms with Crippen LogP contribution in [-0.2, 0) is 16.6 Å². The van der Waals surface area contributed by atoms with E-state index in [4.69, 9.17) is 0 Å². The van der Waals surface area contributed by atoms with E-state index in [1.54, 1.807) is 41.4 Å². The van der Waals surface area contributed by atoms with Crippen LogP contribution < -0.4 is 10.2 Å². The largest absolute Gasteiger partial charge is 0.309 e. The van der Waals surface area contributed by atoms with Crippen molar-refractivity contribution < 1.29 is 9.59 Å². The topological polar surface area (TPSA) is 93.0 Å². The van der Waals surface area contributed by atoms with Gasteiger partial charge in [0.2, 0.25) is 11.8 Å². The Morgan fingerprint density at radius 2 is 2.08 bits per heavy atom. The molecule has 1 atom stereocenters. The smallest absolute Gasteiger partial charge is 0.231 e. The fourth-order valence-corrected chi connectivity index (χ4v) is 2.77. The first-order valence-electron chi connectivity index (χ1n) is 7.86. The highest BCUT2D eigenvalue weighted by atomic mass is 16.2. The molecule has 8 nitrogen and oxygen atoms in total. The van der Waals surface area contributed by atoms with Crippen molar-refractivity contribution in [1.82, 2.24) is 19.7 Å². The number of aryl methyl sites for hydroxylation is 1. The minimum Gasteiger partial charge on any atom is -0.309 e. The first-order valence-corrected chi connectivity index (χ1v) is 7.86. The molecule has 0 saturated carbocycles. The summed E-state index contributed by atoms with van der Waals surface area (Å²) in [4.78, 5) is 34.8. The highest BCUT2D eigenvalue weighted by Gasteiger charge is 2.36. The third-order valence-electron chi connectivity index (χ3n) is 4.01. The van der Waals surface area contributed by atoms with Gasteiger partial charge in [-0.3, -0.25) is 19.3 Å². The van der Waals surface area contributed by atoms with Crippen LogP contribution in [0.2, 0.25) is 0 Å². The lowest BCUT2D eigenvalue weighted by molar-refractivity contribution is -0.122. The summed E-state index contributed by atoms with van der Waals surface area (Å²) in [5.74, 6) is -0.0980. The third-order valence-corrected chi connectivity index (χ3v) is 4.01. The molecule has 2 amide bonds. The monoisotopic (exact) mass is 328 g/mol. The Morgan fingerprint density at radius 3 is 2.75 bits per heavy atom. The van der Waals surface area contributed by atoms with Crippen LogP contribution in [0.5, 0.6) is 0 Å². The van der Waals surface area contributed by atoms with Crippen LogP contribution in [0.4, 0.5) is 11.5 Å². The number of nitrogens with one attached hydrogen (secondary N) is 1. The molecule has 0 radical (unpaired) electrons. The molecule has 2 aromatic heterocycles. The molecule has 1 unspecified atom stereocenters. The molecule has 3 rings (SSSR count). The summed E-state index contributed by atoms with van der Waals surface area (Å²) in [6.07, 6.45) is 6.71. The van der Waals surface area contributed by atoms with Crippen molar-refractivity contribution >= 4 is 23.3 Å². The number of hydrogen-bond acceptors (Lipinski definition) is 5. The zero-order valence-corrected chi connectivity index (χ0v) is 13.9. The lowest BCUT2D eigenvalue weighted by Gasteiger charge is -2.15. The third kappa shape index (κ3) is 3.12. The second-order valence-corrected chi connectivity index (χ2v) is 6.21. The summed E-state index contributed by atoms with van der Waals surface area (Å²) in [5.41, 5.74) is 1.44. The molecule has 1 saturated heterocycles. The van der Waals surface area contributed by atoms with Gasteiger partial charge in [0.1, 0.15) is 0 Å². The maximum atomic E-state index is 12.5. The quantitative estimate of drug-likeness (QED) is 0.914. The molecule has 0 spiro atoms. The molecule has 0 aliphatic carbocycles. The van der Waals surface area contributed by atoms with Gasteiger partial charge in [-0.1, -0.05) is 13.8 Å². The Kier molecular flexibility index (Phi) is 4.28. The molecule has 1 N–H and O–H groups in total. The van der Waals surface area contributed by atoms with E-state index < -0.39 is 5.92 Å². The molecule has 126 valence electrons. The second kappa shape index (κ2) is 6.38. The molecule has 1 aliphatic heterocycles. The number of nitrogens with zero attached hydrogens (tertiary/aromatic N) is 5. The molecule has 8 heteroatoms. The van der Waals surface area contributed by atoms with E-state index in [1.165, 1.54) is 0 Å². The minimum absolute atomic E-state index is 0.0774. The van der Waals surface area contributed by atoms with Crippen molar-refractivity contribution in [3.05, 3.63) is 30.5 Å². The zero-order chi connectivity index (χ0) is 17.3. The number of aromatic nitrogens is 4. The Morgan fingerprint density at radius 1 is 1.33 bits per heavy atom. The van der Waals surface area contributed by atoms with Gasteiger partial charge in [0.15, 0.2) is 5.82 Å². The molecule has 0 aromatic carbocycles. The van der Waals surface area contributed by atoms with E-state index >= 15 is 0 Å². The first kappa shape index (κ1) is 16.1. The lowest BCUT2D eigenvalue weighted by Crippen LogP contribution is -2.28. The average Bonchev–Trinajstić information content (AvgIpc) is 3.13. The molecule has 1 fully saturated rings. The number of rotatable bonds is 4. The molecule has 24 heavy (non-hydrogen) atoms. The predicted octanol–water partition coefficient (Wildman–Crippen LogP) is 1.33. The van der Waals surface area contributed by atoms with Crippen LogP contribution in [0, 0.1) is 5.92 Å². The van der Waals surface area contributed by atoms with Crippen molar-refractivity contribution in [1.29, 1.82) is 0 Å². The summed E-state index contributed by atoms with van der Waals surface area (Å²) in [7, 11) is 1.79. The van der Waals surface area contributed by atoms with Crippen LogP contribution in [-0.4, -0.2) is 38.1 Å². The molecule has 3 heterocycles. The van der Waals surface area contributed by atoms with E-state index in [9.17, 15) is 9.59 Å². The zero-order valence-electron chi connectivity index (χ0n) is 13.9. The van der Waals surface area contributed by atoms with Gasteiger partial charge >= 0.3 is 0 Å². The van der Waals surface area contributed by atoms with E-state index in [1.807, 2.05) is 13.8 Å². The van der Waals surface area contributed by atoms with E-state index in [-0.39, 0.29) is 24.2 Å². The lowest BCUT2D eigenvalue weighted by atomic mass is 10.1. The van der Waals surface area contributed by atoms with Gasteiger partial charge in [-0.25, -0.2) is 4.98 Å². The fourth-order valence-electron chi connectivity index (χ4n) is 2.77. The molecule has 1 aliphatic rings. The number of hydrogen-bond donors (Lipinski definition) is 1. The second-order valence-electron chi connectivity index (χ2n) is 6.21. The Bertz CT molecular complexity index is 769. The molecule has 0 bridgehead atoms. The summed E-state index contributed by atoms with van der Waals surface area (Å²) in [5, 5.41) is 6.89. The van der Waals surface area contributed by atoms with E-state index in [0.717, 1.165) is 5.69 Å². The van der Waals surface area contributed by atoms with Crippen LogP contribution >= 0.6 is 0 Å². The molecule has 2 aromatic rings. The van der Waals surface area contributed by atoms with Crippen LogP contribution in [0.15, 0.2) is 24.8 Å². The Balaban J connectivity index is 1.72. The SMILES string of the molecule is CC(C)c1nccnc1NC(=O)C1CC(=O)N(c2cnn(C)c2)C1. The van der Waals surface area contributed by atoms with Gasteiger partial charge in [-0.15, -0.1) is 0 Å². The van der Waals surface area contributed by atoms with Crippen LogP contribution in [0.1, 0.15) is 31.9 Å². The van der Waals surface area contributed by atoms with Crippen molar-refractivity contribution in [2.24, 2.45) is 13.0 Å². The first-order chi connectivity index (χ1) is 11.5. The summed E-state index contributed by atoms with van der Waals surface area (Å²) < 4.78 is 1.63. The number of anilines is 2. The van der Waals surface area contributed by atoms with Gasteiger partial charge in [0, 0.05) is 38.6 Å². The summed E-state index contributed by atoms with van der Waals surface area (Å²) in [6.45, 7) is 4.32. The number of carbonyl (C=O) groups is 2. The van der Waals surface area contributed by atoms with Crippen molar-refractivity contribution in [2.45, 2.75) is 26.2 Å². The normalized spacial score (nSPS) is 17.6. The van der Waals surface area contributed by atoms with Gasteiger partial charge in [-0.05, 0) is 5.92 Å².